The molecule has 0 fully saturated rings. The highest BCUT2D eigenvalue weighted by molar-refractivity contribution is 6.30. The molecule has 0 aromatic heterocycles. The Hall–Kier alpha value is -1.86. The van der Waals surface area contributed by atoms with Crippen LogP contribution in [0.3, 0.4) is 0 Å². The van der Waals surface area contributed by atoms with Crippen LogP contribution >= 0.6 is 11.6 Å². The van der Waals surface area contributed by atoms with Crippen molar-refractivity contribution < 1.29 is 19.6 Å². The molecule has 0 saturated heterocycles. The van der Waals surface area contributed by atoms with Gasteiger partial charge in [-0.3, -0.25) is 14.9 Å². The van der Waals surface area contributed by atoms with Gasteiger partial charge in [0.1, 0.15) is 5.54 Å². The summed E-state index contributed by atoms with van der Waals surface area (Å²) >= 11 is 5.75. The predicted molar refractivity (Wildman–Crippen MR) is 73.1 cm³/mol. The van der Waals surface area contributed by atoms with Crippen LogP contribution in [-0.4, -0.2) is 28.1 Å². The van der Waals surface area contributed by atoms with Crippen LogP contribution in [0.1, 0.15) is 19.8 Å². The summed E-state index contributed by atoms with van der Waals surface area (Å²) in [4.78, 5) is 21.0. The van der Waals surface area contributed by atoms with Crippen molar-refractivity contribution in [2.24, 2.45) is 5.73 Å². The van der Waals surface area contributed by atoms with Gasteiger partial charge in [0.15, 0.2) is 5.75 Å². The maximum atomic E-state index is 10.8. The second kappa shape index (κ2) is 6.53. The van der Waals surface area contributed by atoms with Crippen LogP contribution in [0.2, 0.25) is 5.02 Å². The Kier molecular flexibility index (Phi) is 5.29. The lowest BCUT2D eigenvalue weighted by Crippen LogP contribution is -2.44. The van der Waals surface area contributed by atoms with Gasteiger partial charge in [0.25, 0.3) is 0 Å². The highest BCUT2D eigenvalue weighted by Crippen LogP contribution is 2.30. The number of ether oxygens (including phenoxy) is 1. The van der Waals surface area contributed by atoms with Gasteiger partial charge in [-0.2, -0.15) is 0 Å². The summed E-state index contributed by atoms with van der Waals surface area (Å²) in [5.74, 6) is -1.05. The average molecular weight is 303 g/mol. The van der Waals surface area contributed by atoms with Gasteiger partial charge >= 0.3 is 11.7 Å². The third-order valence-electron chi connectivity index (χ3n) is 2.71. The van der Waals surface area contributed by atoms with E-state index in [0.717, 1.165) is 0 Å². The molecule has 3 N–H and O–H groups in total. The van der Waals surface area contributed by atoms with Crippen LogP contribution in [0.25, 0.3) is 0 Å². The van der Waals surface area contributed by atoms with Crippen LogP contribution < -0.4 is 10.5 Å². The number of rotatable bonds is 7. The molecule has 1 atom stereocenters. The summed E-state index contributed by atoms with van der Waals surface area (Å²) in [6, 6.07) is 3.99. The second-order valence-corrected chi connectivity index (χ2v) is 4.98. The molecule has 0 aliphatic rings. The normalized spacial score (nSPS) is 13.6. The van der Waals surface area contributed by atoms with E-state index in [9.17, 15) is 14.9 Å². The number of carboxylic acids is 1. The number of nitro benzene ring substituents is 1. The molecule has 7 nitrogen and oxygen atoms in total. The van der Waals surface area contributed by atoms with Crippen molar-refractivity contribution in [2.75, 3.05) is 6.61 Å². The SMILES string of the molecule is CC(N)(CCCOc1cc(Cl)ccc1[N+](=O)[O-])C(=O)O. The van der Waals surface area contributed by atoms with Crippen LogP contribution in [0.15, 0.2) is 18.2 Å². The minimum absolute atomic E-state index is 0.0524. The van der Waals surface area contributed by atoms with Crippen molar-refractivity contribution in [1.29, 1.82) is 0 Å². The third kappa shape index (κ3) is 4.36. The summed E-state index contributed by atoms with van der Waals surface area (Å²) in [7, 11) is 0. The van der Waals surface area contributed by atoms with E-state index in [1.807, 2.05) is 0 Å². The molecule has 0 heterocycles. The average Bonchev–Trinajstić information content (AvgIpc) is 2.34. The summed E-state index contributed by atoms with van der Waals surface area (Å²) in [5, 5.41) is 20.0. The lowest BCUT2D eigenvalue weighted by molar-refractivity contribution is -0.385. The Balaban J connectivity index is 2.60. The lowest BCUT2D eigenvalue weighted by Gasteiger charge is -2.18. The second-order valence-electron chi connectivity index (χ2n) is 4.54. The van der Waals surface area contributed by atoms with Crippen LogP contribution in [-0.2, 0) is 4.79 Å². The van der Waals surface area contributed by atoms with E-state index in [0.29, 0.717) is 11.4 Å². The molecule has 0 amide bonds. The summed E-state index contributed by atoms with van der Waals surface area (Å²) in [6.45, 7) is 1.51. The Morgan fingerprint density at radius 1 is 1.60 bits per heavy atom. The molecule has 110 valence electrons. The van der Waals surface area contributed by atoms with E-state index < -0.39 is 16.4 Å². The maximum Gasteiger partial charge on any atom is 0.323 e. The first-order valence-corrected chi connectivity index (χ1v) is 6.21. The Morgan fingerprint density at radius 3 is 2.80 bits per heavy atom. The summed E-state index contributed by atoms with van der Waals surface area (Å²) < 4.78 is 5.28. The number of nitrogens with two attached hydrogens (primary N) is 1. The number of halogens is 1. The fraction of sp³-hybridized carbons (Fsp3) is 0.417. The zero-order valence-electron chi connectivity index (χ0n) is 10.8. The number of carboxylic acid groups (broad SMARTS) is 1. The van der Waals surface area contributed by atoms with Gasteiger partial charge in [-0.25, -0.2) is 0 Å². The van der Waals surface area contributed by atoms with E-state index in [4.69, 9.17) is 27.2 Å². The Bertz CT molecular complexity index is 519. The fourth-order valence-electron chi connectivity index (χ4n) is 1.48. The largest absolute Gasteiger partial charge is 0.487 e. The number of hydrogen-bond donors (Lipinski definition) is 2. The van der Waals surface area contributed by atoms with E-state index in [1.165, 1.54) is 25.1 Å². The van der Waals surface area contributed by atoms with Gasteiger partial charge in [0.2, 0.25) is 0 Å². The van der Waals surface area contributed by atoms with Crippen molar-refractivity contribution in [3.63, 3.8) is 0 Å². The van der Waals surface area contributed by atoms with Crippen molar-refractivity contribution in [3.8, 4) is 5.75 Å². The quantitative estimate of drug-likeness (QED) is 0.453. The van der Waals surface area contributed by atoms with E-state index in [-0.39, 0.29) is 24.5 Å². The lowest BCUT2D eigenvalue weighted by atomic mass is 9.98. The van der Waals surface area contributed by atoms with Gasteiger partial charge in [-0.1, -0.05) is 11.6 Å². The Labute approximate surface area is 120 Å². The number of aliphatic carboxylic acids is 1. The molecule has 1 unspecified atom stereocenters. The van der Waals surface area contributed by atoms with Crippen molar-refractivity contribution in [3.05, 3.63) is 33.3 Å². The molecule has 0 bridgehead atoms. The van der Waals surface area contributed by atoms with Gasteiger partial charge in [-0.05, 0) is 25.8 Å². The fourth-order valence-corrected chi connectivity index (χ4v) is 1.64. The smallest absolute Gasteiger partial charge is 0.323 e. The number of carbonyl (C=O) groups is 1. The zero-order chi connectivity index (χ0) is 15.3. The van der Waals surface area contributed by atoms with Crippen molar-refractivity contribution >= 4 is 23.3 Å². The number of benzene rings is 1. The molecule has 1 aromatic carbocycles. The minimum Gasteiger partial charge on any atom is -0.487 e. The highest BCUT2D eigenvalue weighted by atomic mass is 35.5. The zero-order valence-corrected chi connectivity index (χ0v) is 11.6. The first-order valence-electron chi connectivity index (χ1n) is 5.83. The number of nitro groups is 1. The molecule has 8 heteroatoms. The molecular formula is C12H15ClN2O5. The third-order valence-corrected chi connectivity index (χ3v) is 2.94. The van der Waals surface area contributed by atoms with Gasteiger partial charge in [-0.15, -0.1) is 0 Å². The van der Waals surface area contributed by atoms with E-state index >= 15 is 0 Å². The topological polar surface area (TPSA) is 116 Å². The number of nitrogens with zero attached hydrogens (tertiary/aromatic N) is 1. The van der Waals surface area contributed by atoms with Crippen LogP contribution in [0.4, 0.5) is 5.69 Å². The predicted octanol–water partition coefficient (Wildman–Crippen LogP) is 2.21. The first-order chi connectivity index (χ1) is 9.24. The monoisotopic (exact) mass is 302 g/mol. The maximum absolute atomic E-state index is 10.8. The molecule has 1 aromatic rings. The van der Waals surface area contributed by atoms with Crippen LogP contribution in [0, 0.1) is 10.1 Å². The molecule has 1 rings (SSSR count). The molecule has 0 saturated carbocycles. The van der Waals surface area contributed by atoms with Gasteiger partial charge in [0, 0.05) is 17.2 Å². The number of hydrogen-bond acceptors (Lipinski definition) is 5. The highest BCUT2D eigenvalue weighted by Gasteiger charge is 2.27. The molecule has 0 radical (unpaired) electrons. The van der Waals surface area contributed by atoms with E-state index in [2.05, 4.69) is 0 Å². The van der Waals surface area contributed by atoms with Gasteiger partial charge < -0.3 is 15.6 Å². The van der Waals surface area contributed by atoms with Gasteiger partial charge in [0.05, 0.1) is 11.5 Å². The Morgan fingerprint density at radius 2 is 2.25 bits per heavy atom. The summed E-state index contributed by atoms with van der Waals surface area (Å²) in [6.07, 6.45) is 0.541. The van der Waals surface area contributed by atoms with Crippen LogP contribution in [0.5, 0.6) is 5.75 Å². The molecule has 0 aliphatic carbocycles. The molecule has 20 heavy (non-hydrogen) atoms. The van der Waals surface area contributed by atoms with E-state index in [1.54, 1.807) is 0 Å². The van der Waals surface area contributed by atoms with Crippen molar-refractivity contribution in [1.82, 2.24) is 0 Å². The standard InChI is InChI=1S/C12H15ClN2O5/c1-12(14,11(16)17)5-2-6-20-10-7-8(13)3-4-9(10)15(18)19/h3-4,7H,2,5-6,14H2,1H3,(H,16,17). The molecular weight excluding hydrogens is 288 g/mol. The van der Waals surface area contributed by atoms with Crippen molar-refractivity contribution in [2.45, 2.75) is 25.3 Å². The first kappa shape index (κ1) is 16.2. The minimum atomic E-state index is -1.34. The molecule has 0 spiro atoms. The molecule has 0 aliphatic heterocycles. The summed E-state index contributed by atoms with van der Waals surface area (Å²) in [5.41, 5.74) is 4.02.